The van der Waals surface area contributed by atoms with Gasteiger partial charge in [-0.15, -0.1) is 0 Å². The summed E-state index contributed by atoms with van der Waals surface area (Å²) in [6.07, 6.45) is -8.64. The maximum absolute atomic E-state index is 13.3. The van der Waals surface area contributed by atoms with Crippen molar-refractivity contribution < 1.29 is 59.8 Å². The Kier molecular flexibility index (Phi) is 5.89. The second kappa shape index (κ2) is 8.55. The quantitative estimate of drug-likeness (QED) is 0.164. The molecule has 182 valence electrons. The topological polar surface area (TPSA) is 231 Å². The van der Waals surface area contributed by atoms with E-state index in [9.17, 15) is 50.8 Å². The summed E-state index contributed by atoms with van der Waals surface area (Å²) >= 11 is 0. The first-order valence-electron chi connectivity index (χ1n) is 9.79. The van der Waals surface area contributed by atoms with E-state index in [1.165, 1.54) is 6.07 Å². The number of fused-ring (bicyclic) bond motifs is 1. The standard InChI is InChI=1S/C21H20O13/c22-5-11-14(28)16(30)17(31)21(32-11)34-20-15(29)12-9(25)4-10(26)13(27)19(12)33-18(20)6-1-2-7(23)8(24)3-6/h1-4,11,14,16-17,21-28,30-31H,5H2/t11-,14+,16?,17?,21+/m1/s1. The third-order valence-electron chi connectivity index (χ3n) is 5.38. The Morgan fingerprint density at radius 2 is 1.56 bits per heavy atom. The summed E-state index contributed by atoms with van der Waals surface area (Å²) in [6, 6.07) is 3.89. The summed E-state index contributed by atoms with van der Waals surface area (Å²) in [5, 5.41) is 88.7. The number of hydrogen-bond donors (Lipinski definition) is 9. The van der Waals surface area contributed by atoms with Gasteiger partial charge in [-0.25, -0.2) is 0 Å². The molecule has 0 radical (unpaired) electrons. The van der Waals surface area contributed by atoms with Crippen molar-refractivity contribution in [3.63, 3.8) is 0 Å². The number of phenols is 5. The first-order valence-corrected chi connectivity index (χ1v) is 9.79. The maximum Gasteiger partial charge on any atom is 0.239 e. The highest BCUT2D eigenvalue weighted by atomic mass is 16.7. The second-order valence-electron chi connectivity index (χ2n) is 7.58. The van der Waals surface area contributed by atoms with Crippen molar-refractivity contribution in [1.29, 1.82) is 0 Å². The number of benzene rings is 2. The number of phenolic OH excluding ortho intramolecular Hbond substituents is 5. The second-order valence-corrected chi connectivity index (χ2v) is 7.58. The van der Waals surface area contributed by atoms with Crippen molar-refractivity contribution in [3.05, 3.63) is 34.5 Å². The highest BCUT2D eigenvalue weighted by Crippen LogP contribution is 2.43. The van der Waals surface area contributed by atoms with E-state index in [0.717, 1.165) is 12.1 Å². The van der Waals surface area contributed by atoms with Gasteiger partial charge in [-0.3, -0.25) is 4.79 Å². The van der Waals surface area contributed by atoms with Crippen LogP contribution in [0.4, 0.5) is 0 Å². The number of aliphatic hydroxyl groups excluding tert-OH is 4. The van der Waals surface area contributed by atoms with Crippen LogP contribution in [-0.4, -0.2) is 83.3 Å². The van der Waals surface area contributed by atoms with E-state index >= 15 is 0 Å². The van der Waals surface area contributed by atoms with Crippen LogP contribution < -0.4 is 10.2 Å². The molecule has 2 heterocycles. The van der Waals surface area contributed by atoms with Gasteiger partial charge in [-0.2, -0.15) is 0 Å². The predicted octanol–water partition coefficient (Wildman–Crippen LogP) is -0.833. The third kappa shape index (κ3) is 3.70. The Labute approximate surface area is 189 Å². The number of aliphatic hydroxyl groups is 4. The normalized spacial score (nSPS) is 24.9. The van der Waals surface area contributed by atoms with Gasteiger partial charge in [-0.05, 0) is 18.2 Å². The summed E-state index contributed by atoms with van der Waals surface area (Å²) in [4.78, 5) is 13.3. The molecule has 4 rings (SSSR count). The van der Waals surface area contributed by atoms with Gasteiger partial charge in [0.2, 0.25) is 23.2 Å². The first kappa shape index (κ1) is 23.4. The van der Waals surface area contributed by atoms with Gasteiger partial charge >= 0.3 is 0 Å². The summed E-state index contributed by atoms with van der Waals surface area (Å²) in [5.41, 5.74) is -1.85. The molecule has 1 fully saturated rings. The average Bonchev–Trinajstić information content (AvgIpc) is 2.80. The molecule has 0 bridgehead atoms. The highest BCUT2D eigenvalue weighted by Gasteiger charge is 2.45. The van der Waals surface area contributed by atoms with Crippen molar-refractivity contribution in [2.24, 2.45) is 0 Å². The number of hydrogen-bond acceptors (Lipinski definition) is 13. The summed E-state index contributed by atoms with van der Waals surface area (Å²) < 4.78 is 16.3. The monoisotopic (exact) mass is 480 g/mol. The Morgan fingerprint density at radius 3 is 2.21 bits per heavy atom. The van der Waals surface area contributed by atoms with Gasteiger partial charge in [0, 0.05) is 11.6 Å². The first-order chi connectivity index (χ1) is 16.0. The molecule has 0 amide bonds. The number of rotatable bonds is 4. The van der Waals surface area contributed by atoms with Gasteiger partial charge in [0.15, 0.2) is 28.6 Å². The largest absolute Gasteiger partial charge is 0.507 e. The molecule has 1 aliphatic heterocycles. The van der Waals surface area contributed by atoms with Crippen molar-refractivity contribution in [2.45, 2.75) is 30.7 Å². The molecular weight excluding hydrogens is 460 g/mol. The van der Waals surface area contributed by atoms with Crippen LogP contribution in [0.1, 0.15) is 0 Å². The molecule has 3 aromatic rings. The molecule has 0 aliphatic carbocycles. The van der Waals surface area contributed by atoms with E-state index in [-0.39, 0.29) is 5.56 Å². The fourth-order valence-electron chi connectivity index (χ4n) is 3.55. The van der Waals surface area contributed by atoms with Gasteiger partial charge in [-0.1, -0.05) is 0 Å². The maximum atomic E-state index is 13.3. The van der Waals surface area contributed by atoms with Crippen molar-refractivity contribution in [1.82, 2.24) is 0 Å². The van der Waals surface area contributed by atoms with Crippen LogP contribution in [0.5, 0.6) is 34.5 Å². The molecule has 2 unspecified atom stereocenters. The van der Waals surface area contributed by atoms with Gasteiger partial charge in [0.25, 0.3) is 0 Å². The van der Waals surface area contributed by atoms with E-state index in [1.54, 1.807) is 0 Å². The van der Waals surface area contributed by atoms with E-state index in [1.807, 2.05) is 0 Å². The minimum absolute atomic E-state index is 0.0869. The zero-order valence-electron chi connectivity index (χ0n) is 17.1. The Balaban J connectivity index is 1.95. The fraction of sp³-hybridized carbons (Fsp3) is 0.286. The molecule has 1 aromatic heterocycles. The van der Waals surface area contributed by atoms with Crippen LogP contribution >= 0.6 is 0 Å². The SMILES string of the molecule is O=c1c(O[C@@H]2O[C@H](CO)[C@H](O)C(O)C2O)c(-c2ccc(O)c(O)c2)oc2c(O)c(O)cc(O)c12. The lowest BCUT2D eigenvalue weighted by atomic mass is 9.99. The molecule has 1 saturated heterocycles. The molecular formula is C21H20O13. The summed E-state index contributed by atoms with van der Waals surface area (Å²) in [6.45, 7) is -0.774. The lowest BCUT2D eigenvalue weighted by Crippen LogP contribution is -2.60. The third-order valence-corrected chi connectivity index (χ3v) is 5.38. The molecule has 13 nitrogen and oxygen atoms in total. The van der Waals surface area contributed by atoms with Crippen LogP contribution in [0.3, 0.4) is 0 Å². The zero-order valence-corrected chi connectivity index (χ0v) is 17.1. The van der Waals surface area contributed by atoms with Gasteiger partial charge in [0.1, 0.15) is 35.6 Å². The summed E-state index contributed by atoms with van der Waals surface area (Å²) in [5.74, 6) is -4.86. The van der Waals surface area contributed by atoms with Gasteiger partial charge in [0.05, 0.1) is 6.61 Å². The molecule has 2 aromatic carbocycles. The number of ether oxygens (including phenoxy) is 2. The lowest BCUT2D eigenvalue weighted by molar-refractivity contribution is -0.277. The Hall–Kier alpha value is -3.75. The van der Waals surface area contributed by atoms with Crippen molar-refractivity contribution >= 4 is 11.0 Å². The van der Waals surface area contributed by atoms with Crippen LogP contribution in [0, 0.1) is 0 Å². The highest BCUT2D eigenvalue weighted by molar-refractivity contribution is 5.93. The van der Waals surface area contributed by atoms with Crippen LogP contribution in [-0.2, 0) is 4.74 Å². The summed E-state index contributed by atoms with van der Waals surface area (Å²) in [7, 11) is 0. The molecule has 0 saturated carbocycles. The molecule has 1 aliphatic rings. The minimum Gasteiger partial charge on any atom is -0.507 e. The Bertz CT molecular complexity index is 1300. The van der Waals surface area contributed by atoms with Crippen LogP contribution in [0.2, 0.25) is 0 Å². The smallest absolute Gasteiger partial charge is 0.239 e. The van der Waals surface area contributed by atoms with E-state index in [2.05, 4.69) is 0 Å². The van der Waals surface area contributed by atoms with Crippen molar-refractivity contribution in [2.75, 3.05) is 6.61 Å². The molecule has 13 heteroatoms. The van der Waals surface area contributed by atoms with Crippen LogP contribution in [0.15, 0.2) is 33.5 Å². The van der Waals surface area contributed by atoms with Gasteiger partial charge < -0.3 is 59.8 Å². The number of aromatic hydroxyl groups is 5. The molecule has 0 spiro atoms. The van der Waals surface area contributed by atoms with Crippen LogP contribution in [0.25, 0.3) is 22.3 Å². The zero-order chi connectivity index (χ0) is 24.9. The van der Waals surface area contributed by atoms with E-state index in [0.29, 0.717) is 6.07 Å². The molecule has 9 N–H and O–H groups in total. The fourth-order valence-corrected chi connectivity index (χ4v) is 3.55. The van der Waals surface area contributed by atoms with E-state index in [4.69, 9.17) is 13.9 Å². The minimum atomic E-state index is -1.91. The predicted molar refractivity (Wildman–Crippen MR) is 111 cm³/mol. The average molecular weight is 480 g/mol. The molecule has 5 atom stereocenters. The lowest BCUT2D eigenvalue weighted by Gasteiger charge is -2.39. The Morgan fingerprint density at radius 1 is 0.853 bits per heavy atom. The van der Waals surface area contributed by atoms with E-state index < -0.39 is 94.0 Å². The molecule has 34 heavy (non-hydrogen) atoms. The van der Waals surface area contributed by atoms with Crippen molar-refractivity contribution in [3.8, 4) is 45.8 Å².